The zero-order valence-electron chi connectivity index (χ0n) is 21.0. The lowest BCUT2D eigenvalue weighted by molar-refractivity contribution is 0.00611. The highest BCUT2D eigenvalue weighted by Gasteiger charge is 2.36. The van der Waals surface area contributed by atoms with E-state index in [1.807, 2.05) is 54.6 Å². The summed E-state index contributed by atoms with van der Waals surface area (Å²) in [5.41, 5.74) is 7.36. The number of nitrogens with two attached hydrogens (primary N) is 1. The molecule has 0 spiro atoms. The predicted molar refractivity (Wildman–Crippen MR) is 138 cm³/mol. The average Bonchev–Trinajstić information content (AvgIpc) is 3.25. The van der Waals surface area contributed by atoms with Crippen molar-refractivity contribution in [3.8, 4) is 22.8 Å². The quantitative estimate of drug-likeness (QED) is 0.397. The molecule has 4 aromatic rings. The largest absolute Gasteiger partial charge is 0.457 e. The Morgan fingerprint density at radius 1 is 1.05 bits per heavy atom. The maximum Gasteiger partial charge on any atom is 0.410 e. The number of hydrogen-bond donors (Lipinski definition) is 1. The second kappa shape index (κ2) is 9.68. The molecule has 10 heteroatoms. The van der Waals surface area contributed by atoms with Gasteiger partial charge >= 0.3 is 6.09 Å². The Bertz CT molecular complexity index is 1400. The number of likely N-dealkylation sites (tertiary alicyclic amines) is 1. The molecule has 2 aromatic heterocycles. The third-order valence-corrected chi connectivity index (χ3v) is 6.10. The molecule has 1 fully saturated rings. The number of anilines is 1. The number of carbonyl (C=O) groups excluding carboxylic acids is 1. The number of para-hydroxylation sites is 1. The molecular weight excluding hydrogens is 475 g/mol. The van der Waals surface area contributed by atoms with E-state index in [0.29, 0.717) is 35.4 Å². The van der Waals surface area contributed by atoms with E-state index < -0.39 is 23.9 Å². The van der Waals surface area contributed by atoms with Gasteiger partial charge in [-0.25, -0.2) is 23.8 Å². The maximum absolute atomic E-state index is 15.5. The first-order valence-corrected chi connectivity index (χ1v) is 12.1. The number of amides is 1. The molecule has 1 aliphatic heterocycles. The molecular formula is C27H29FN6O3. The summed E-state index contributed by atoms with van der Waals surface area (Å²) in [5.74, 6) is 1.66. The summed E-state index contributed by atoms with van der Waals surface area (Å²) in [7, 11) is 0. The molecule has 0 bridgehead atoms. The molecule has 0 saturated carbocycles. The molecule has 3 heterocycles. The van der Waals surface area contributed by atoms with Gasteiger partial charge in [0.05, 0.1) is 18.0 Å². The Morgan fingerprint density at radius 2 is 1.76 bits per heavy atom. The number of nitrogen functional groups attached to an aromatic ring is 1. The number of halogens is 1. The van der Waals surface area contributed by atoms with Crippen molar-refractivity contribution < 1.29 is 18.7 Å². The zero-order chi connectivity index (χ0) is 26.2. The molecule has 0 aliphatic carbocycles. The molecule has 2 atom stereocenters. The van der Waals surface area contributed by atoms with Crippen molar-refractivity contribution in [2.45, 2.75) is 45.0 Å². The Kier molecular flexibility index (Phi) is 6.41. The zero-order valence-corrected chi connectivity index (χ0v) is 21.0. The second-order valence-corrected chi connectivity index (χ2v) is 9.99. The third-order valence-electron chi connectivity index (χ3n) is 6.10. The molecule has 9 nitrogen and oxygen atoms in total. The third kappa shape index (κ3) is 5.18. The van der Waals surface area contributed by atoms with Gasteiger partial charge in [0.1, 0.15) is 41.1 Å². The number of ether oxygens (including phenoxy) is 2. The van der Waals surface area contributed by atoms with E-state index in [1.165, 1.54) is 11.2 Å². The first-order valence-electron chi connectivity index (χ1n) is 12.1. The summed E-state index contributed by atoms with van der Waals surface area (Å²) in [5, 5.41) is 5.31. The van der Waals surface area contributed by atoms with Crippen LogP contribution in [0.2, 0.25) is 0 Å². The summed E-state index contributed by atoms with van der Waals surface area (Å²) < 4.78 is 28.4. The van der Waals surface area contributed by atoms with E-state index in [9.17, 15) is 4.79 Å². The van der Waals surface area contributed by atoms with Crippen LogP contribution >= 0.6 is 0 Å². The fourth-order valence-electron chi connectivity index (χ4n) is 4.39. The molecule has 2 aromatic carbocycles. The van der Waals surface area contributed by atoms with Gasteiger partial charge in [-0.05, 0) is 63.6 Å². The van der Waals surface area contributed by atoms with E-state index in [4.69, 9.17) is 20.3 Å². The fourth-order valence-corrected chi connectivity index (χ4v) is 4.39. The molecule has 1 aliphatic rings. The minimum atomic E-state index is -1.37. The standard InChI is InChI=1S/C27H29FN6O3/c1-27(2,3)37-26(35)33-14-13-21(20(28)15-33)34-25-22(24(29)30-16-31-25)23(32-34)17-9-11-19(12-10-17)36-18-7-5-4-6-8-18/h4-12,16,20-21H,13-15H2,1-3H3,(H2,29,30,31)/t20-,21-/m1/s1. The lowest BCUT2D eigenvalue weighted by Gasteiger charge is -2.35. The molecule has 1 amide bonds. The Labute approximate surface area is 214 Å². The summed E-state index contributed by atoms with van der Waals surface area (Å²) in [6, 6.07) is 16.3. The van der Waals surface area contributed by atoms with Gasteiger partial charge in [0.2, 0.25) is 0 Å². The van der Waals surface area contributed by atoms with Crippen molar-refractivity contribution >= 4 is 22.9 Å². The number of alkyl halides is 1. The van der Waals surface area contributed by atoms with Crippen LogP contribution in [-0.2, 0) is 4.74 Å². The van der Waals surface area contributed by atoms with Crippen LogP contribution in [0.4, 0.5) is 15.0 Å². The van der Waals surface area contributed by atoms with E-state index in [1.54, 1.807) is 25.5 Å². The second-order valence-electron chi connectivity index (χ2n) is 9.99. The number of benzene rings is 2. The van der Waals surface area contributed by atoms with Crippen LogP contribution in [0.3, 0.4) is 0 Å². The molecule has 1 saturated heterocycles. The number of hydrogen-bond acceptors (Lipinski definition) is 7. The molecule has 0 radical (unpaired) electrons. The van der Waals surface area contributed by atoms with Crippen LogP contribution in [-0.4, -0.2) is 55.6 Å². The molecule has 2 N–H and O–H groups in total. The van der Waals surface area contributed by atoms with Crippen molar-refractivity contribution in [1.29, 1.82) is 0 Å². The summed E-state index contributed by atoms with van der Waals surface area (Å²) in [6.45, 7) is 5.59. The Morgan fingerprint density at radius 3 is 2.43 bits per heavy atom. The molecule has 37 heavy (non-hydrogen) atoms. The van der Waals surface area contributed by atoms with Gasteiger partial charge in [0.15, 0.2) is 5.65 Å². The lowest BCUT2D eigenvalue weighted by Crippen LogP contribution is -2.47. The van der Waals surface area contributed by atoms with E-state index in [2.05, 4.69) is 9.97 Å². The van der Waals surface area contributed by atoms with Crippen molar-refractivity contribution in [1.82, 2.24) is 24.6 Å². The van der Waals surface area contributed by atoms with Crippen LogP contribution in [0.5, 0.6) is 11.5 Å². The van der Waals surface area contributed by atoms with Gasteiger partial charge in [0.25, 0.3) is 0 Å². The molecule has 192 valence electrons. The van der Waals surface area contributed by atoms with Crippen LogP contribution in [0.1, 0.15) is 33.2 Å². The normalized spacial score (nSPS) is 18.1. The average molecular weight is 505 g/mol. The minimum Gasteiger partial charge on any atom is -0.457 e. The van der Waals surface area contributed by atoms with Crippen molar-refractivity contribution in [2.75, 3.05) is 18.8 Å². The molecule has 0 unspecified atom stereocenters. The van der Waals surface area contributed by atoms with Crippen LogP contribution in [0, 0.1) is 0 Å². The first-order chi connectivity index (χ1) is 17.7. The number of carbonyl (C=O) groups is 1. The van der Waals surface area contributed by atoms with Crippen LogP contribution in [0.25, 0.3) is 22.3 Å². The number of fused-ring (bicyclic) bond motifs is 1. The first kappa shape index (κ1) is 24.5. The Hall–Kier alpha value is -4.21. The van der Waals surface area contributed by atoms with Crippen molar-refractivity contribution in [3.63, 3.8) is 0 Å². The fraction of sp³-hybridized carbons (Fsp3) is 0.333. The lowest BCUT2D eigenvalue weighted by atomic mass is 10.0. The number of rotatable bonds is 4. The van der Waals surface area contributed by atoms with Crippen LogP contribution in [0.15, 0.2) is 60.9 Å². The number of piperidine rings is 1. The van der Waals surface area contributed by atoms with E-state index in [-0.39, 0.29) is 12.4 Å². The van der Waals surface area contributed by atoms with E-state index in [0.717, 1.165) is 11.3 Å². The van der Waals surface area contributed by atoms with Gasteiger partial charge in [0, 0.05) is 12.1 Å². The van der Waals surface area contributed by atoms with Gasteiger partial charge in [-0.1, -0.05) is 18.2 Å². The Balaban J connectivity index is 1.42. The topological polar surface area (TPSA) is 108 Å². The van der Waals surface area contributed by atoms with Crippen molar-refractivity contribution in [2.24, 2.45) is 0 Å². The van der Waals surface area contributed by atoms with Gasteiger partial charge in [-0.2, -0.15) is 5.10 Å². The van der Waals surface area contributed by atoms with Gasteiger partial charge in [-0.15, -0.1) is 0 Å². The highest BCUT2D eigenvalue weighted by Crippen LogP contribution is 2.36. The highest BCUT2D eigenvalue weighted by molar-refractivity contribution is 5.98. The van der Waals surface area contributed by atoms with Crippen LogP contribution < -0.4 is 10.5 Å². The van der Waals surface area contributed by atoms with E-state index >= 15 is 4.39 Å². The summed E-state index contributed by atoms with van der Waals surface area (Å²) in [6.07, 6.45) is -0.191. The highest BCUT2D eigenvalue weighted by atomic mass is 19.1. The minimum absolute atomic E-state index is 0.0949. The van der Waals surface area contributed by atoms with Crippen molar-refractivity contribution in [3.05, 3.63) is 60.9 Å². The van der Waals surface area contributed by atoms with Gasteiger partial charge < -0.3 is 20.1 Å². The number of aromatic nitrogens is 4. The van der Waals surface area contributed by atoms with Gasteiger partial charge in [-0.3, -0.25) is 0 Å². The summed E-state index contributed by atoms with van der Waals surface area (Å²) in [4.78, 5) is 22.4. The monoisotopic (exact) mass is 504 g/mol. The number of nitrogens with zero attached hydrogens (tertiary/aromatic N) is 5. The smallest absolute Gasteiger partial charge is 0.410 e. The predicted octanol–water partition coefficient (Wildman–Crippen LogP) is 5.39. The molecule has 5 rings (SSSR count). The summed E-state index contributed by atoms with van der Waals surface area (Å²) >= 11 is 0. The maximum atomic E-state index is 15.5. The SMILES string of the molecule is CC(C)(C)OC(=O)N1CC[C@@H](n2nc(-c3ccc(Oc4ccccc4)cc3)c3c(N)ncnc32)[C@H](F)C1.